The van der Waals surface area contributed by atoms with E-state index in [2.05, 4.69) is 34.5 Å². The van der Waals surface area contributed by atoms with Crippen LogP contribution in [-0.2, 0) is 13.1 Å². The zero-order chi connectivity index (χ0) is 17.5. The molecule has 1 N–H and O–H groups in total. The third-order valence-electron chi connectivity index (χ3n) is 4.70. The van der Waals surface area contributed by atoms with E-state index in [0.29, 0.717) is 17.1 Å². The van der Waals surface area contributed by atoms with Gasteiger partial charge in [-0.3, -0.25) is 9.69 Å². The molecule has 0 saturated carbocycles. The Kier molecular flexibility index (Phi) is 6.48. The SMILES string of the molecule is O=C(NCc1ccc(CN2CCCCCC2)cc1)c1ccccc1Cl. The number of halogens is 1. The van der Waals surface area contributed by atoms with Gasteiger partial charge in [0.05, 0.1) is 10.6 Å². The molecule has 0 aliphatic carbocycles. The average Bonchev–Trinajstić information content (AvgIpc) is 2.90. The van der Waals surface area contributed by atoms with Crippen molar-refractivity contribution < 1.29 is 4.79 Å². The molecule has 0 spiro atoms. The molecule has 1 aliphatic heterocycles. The van der Waals surface area contributed by atoms with Crippen LogP contribution in [0.15, 0.2) is 48.5 Å². The number of hydrogen-bond donors (Lipinski definition) is 1. The van der Waals surface area contributed by atoms with Crippen molar-refractivity contribution >= 4 is 17.5 Å². The second kappa shape index (κ2) is 9.02. The predicted octanol–water partition coefficient (Wildman–Crippen LogP) is 4.65. The number of likely N-dealkylation sites (tertiary alicyclic amines) is 1. The minimum Gasteiger partial charge on any atom is -0.348 e. The number of rotatable bonds is 5. The summed E-state index contributed by atoms with van der Waals surface area (Å²) in [5.74, 6) is -0.140. The summed E-state index contributed by atoms with van der Waals surface area (Å²) in [6.45, 7) is 3.94. The van der Waals surface area contributed by atoms with Crippen molar-refractivity contribution in [3.05, 3.63) is 70.2 Å². The van der Waals surface area contributed by atoms with E-state index in [9.17, 15) is 4.79 Å². The summed E-state index contributed by atoms with van der Waals surface area (Å²) in [6.07, 6.45) is 5.35. The first-order chi connectivity index (χ1) is 12.2. The molecule has 3 nitrogen and oxygen atoms in total. The van der Waals surface area contributed by atoms with Crippen molar-refractivity contribution in [2.24, 2.45) is 0 Å². The van der Waals surface area contributed by atoms with Crippen LogP contribution in [0.3, 0.4) is 0 Å². The Morgan fingerprint density at radius 2 is 1.56 bits per heavy atom. The fraction of sp³-hybridized carbons (Fsp3) is 0.381. The van der Waals surface area contributed by atoms with Crippen LogP contribution in [0.25, 0.3) is 0 Å². The van der Waals surface area contributed by atoms with Gasteiger partial charge in [0.25, 0.3) is 5.91 Å². The molecule has 2 aromatic carbocycles. The minimum absolute atomic E-state index is 0.140. The van der Waals surface area contributed by atoms with E-state index in [1.54, 1.807) is 12.1 Å². The number of hydrogen-bond acceptors (Lipinski definition) is 2. The Labute approximate surface area is 155 Å². The van der Waals surface area contributed by atoms with Gasteiger partial charge in [-0.15, -0.1) is 0 Å². The summed E-state index contributed by atoms with van der Waals surface area (Å²) in [5, 5.41) is 3.41. The third kappa shape index (κ3) is 5.32. The molecule has 1 fully saturated rings. The second-order valence-corrected chi connectivity index (χ2v) is 7.08. The van der Waals surface area contributed by atoms with Crippen LogP contribution in [0.1, 0.15) is 47.2 Å². The Hall–Kier alpha value is -1.84. The molecule has 3 rings (SSSR count). The first-order valence-electron chi connectivity index (χ1n) is 9.05. The van der Waals surface area contributed by atoms with Crippen molar-refractivity contribution in [3.8, 4) is 0 Å². The van der Waals surface area contributed by atoms with Gasteiger partial charge in [-0.25, -0.2) is 0 Å². The third-order valence-corrected chi connectivity index (χ3v) is 5.03. The Balaban J connectivity index is 1.52. The van der Waals surface area contributed by atoms with Gasteiger partial charge in [0, 0.05) is 13.1 Å². The van der Waals surface area contributed by atoms with Crippen molar-refractivity contribution in [1.29, 1.82) is 0 Å². The van der Waals surface area contributed by atoms with E-state index in [-0.39, 0.29) is 5.91 Å². The molecule has 1 heterocycles. The lowest BCUT2D eigenvalue weighted by Crippen LogP contribution is -2.24. The molecule has 2 aromatic rings. The first-order valence-corrected chi connectivity index (χ1v) is 9.43. The normalized spacial score (nSPS) is 15.6. The largest absolute Gasteiger partial charge is 0.348 e. The van der Waals surface area contributed by atoms with Crippen LogP contribution < -0.4 is 5.32 Å². The second-order valence-electron chi connectivity index (χ2n) is 6.67. The van der Waals surface area contributed by atoms with Gasteiger partial charge < -0.3 is 5.32 Å². The highest BCUT2D eigenvalue weighted by Gasteiger charge is 2.10. The smallest absolute Gasteiger partial charge is 0.253 e. The molecular formula is C21H25ClN2O. The monoisotopic (exact) mass is 356 g/mol. The molecule has 4 heteroatoms. The topological polar surface area (TPSA) is 32.3 Å². The summed E-state index contributed by atoms with van der Waals surface area (Å²) in [4.78, 5) is 14.7. The van der Waals surface area contributed by atoms with E-state index in [4.69, 9.17) is 11.6 Å². The molecule has 0 aromatic heterocycles. The molecule has 132 valence electrons. The Morgan fingerprint density at radius 3 is 2.24 bits per heavy atom. The maximum absolute atomic E-state index is 12.2. The molecular weight excluding hydrogens is 332 g/mol. The zero-order valence-corrected chi connectivity index (χ0v) is 15.3. The van der Waals surface area contributed by atoms with Crippen LogP contribution in [0.4, 0.5) is 0 Å². The molecule has 1 aliphatic rings. The standard InChI is InChI=1S/C21H25ClN2O/c22-20-8-4-3-7-19(20)21(25)23-15-17-9-11-18(12-10-17)16-24-13-5-1-2-6-14-24/h3-4,7-12H,1-2,5-6,13-16H2,(H,23,25). The van der Waals surface area contributed by atoms with Crippen molar-refractivity contribution in [2.75, 3.05) is 13.1 Å². The summed E-state index contributed by atoms with van der Waals surface area (Å²) < 4.78 is 0. The number of carbonyl (C=O) groups excluding carboxylic acids is 1. The van der Waals surface area contributed by atoms with Crippen molar-refractivity contribution in [3.63, 3.8) is 0 Å². The lowest BCUT2D eigenvalue weighted by Gasteiger charge is -2.19. The number of nitrogens with one attached hydrogen (secondary N) is 1. The Morgan fingerprint density at radius 1 is 0.920 bits per heavy atom. The van der Waals surface area contributed by atoms with Crippen LogP contribution in [0, 0.1) is 0 Å². The lowest BCUT2D eigenvalue weighted by atomic mass is 10.1. The molecule has 0 radical (unpaired) electrons. The number of carbonyl (C=O) groups is 1. The van der Waals surface area contributed by atoms with E-state index in [1.165, 1.54) is 44.3 Å². The van der Waals surface area contributed by atoms with Gasteiger partial charge in [-0.05, 0) is 49.2 Å². The van der Waals surface area contributed by atoms with E-state index >= 15 is 0 Å². The number of amides is 1. The maximum atomic E-state index is 12.2. The molecule has 0 unspecified atom stereocenters. The maximum Gasteiger partial charge on any atom is 0.253 e. The van der Waals surface area contributed by atoms with Gasteiger partial charge in [0.1, 0.15) is 0 Å². The van der Waals surface area contributed by atoms with Gasteiger partial charge in [-0.2, -0.15) is 0 Å². The van der Waals surface area contributed by atoms with Crippen molar-refractivity contribution in [1.82, 2.24) is 10.2 Å². The van der Waals surface area contributed by atoms with E-state index in [1.807, 2.05) is 12.1 Å². The summed E-state index contributed by atoms with van der Waals surface area (Å²) >= 11 is 6.06. The first kappa shape index (κ1) is 18.0. The highest BCUT2D eigenvalue weighted by Crippen LogP contribution is 2.16. The average molecular weight is 357 g/mol. The van der Waals surface area contributed by atoms with Crippen molar-refractivity contribution in [2.45, 2.75) is 38.8 Å². The molecule has 1 saturated heterocycles. The van der Waals surface area contributed by atoms with Gasteiger partial charge in [-0.1, -0.05) is 60.8 Å². The zero-order valence-electron chi connectivity index (χ0n) is 14.5. The van der Waals surface area contributed by atoms with E-state index < -0.39 is 0 Å². The van der Waals surface area contributed by atoms with E-state index in [0.717, 1.165) is 12.1 Å². The highest BCUT2D eigenvalue weighted by molar-refractivity contribution is 6.33. The number of nitrogens with zero attached hydrogens (tertiary/aromatic N) is 1. The summed E-state index contributed by atoms with van der Waals surface area (Å²) in [6, 6.07) is 15.6. The number of benzene rings is 2. The Bertz CT molecular complexity index is 691. The fourth-order valence-electron chi connectivity index (χ4n) is 3.24. The highest BCUT2D eigenvalue weighted by atomic mass is 35.5. The quantitative estimate of drug-likeness (QED) is 0.846. The molecule has 0 atom stereocenters. The molecule has 0 bridgehead atoms. The van der Waals surface area contributed by atoms with Crippen LogP contribution in [-0.4, -0.2) is 23.9 Å². The molecule has 25 heavy (non-hydrogen) atoms. The summed E-state index contributed by atoms with van der Waals surface area (Å²) in [7, 11) is 0. The van der Waals surface area contributed by atoms with Crippen LogP contribution in [0.2, 0.25) is 5.02 Å². The fourth-order valence-corrected chi connectivity index (χ4v) is 3.46. The predicted molar refractivity (Wildman–Crippen MR) is 103 cm³/mol. The van der Waals surface area contributed by atoms with Gasteiger partial charge >= 0.3 is 0 Å². The molecule has 1 amide bonds. The lowest BCUT2D eigenvalue weighted by molar-refractivity contribution is 0.0951. The van der Waals surface area contributed by atoms with Crippen LogP contribution in [0.5, 0.6) is 0 Å². The summed E-state index contributed by atoms with van der Waals surface area (Å²) in [5.41, 5.74) is 2.95. The minimum atomic E-state index is -0.140. The van der Waals surface area contributed by atoms with Gasteiger partial charge in [0.15, 0.2) is 0 Å². The van der Waals surface area contributed by atoms with Crippen LogP contribution >= 0.6 is 11.6 Å². The van der Waals surface area contributed by atoms with Gasteiger partial charge in [0.2, 0.25) is 0 Å².